The Morgan fingerprint density at radius 3 is 2.16 bits per heavy atom. The molecule has 5 aromatic rings. The summed E-state index contributed by atoms with van der Waals surface area (Å²) < 4.78 is 5.22. The summed E-state index contributed by atoms with van der Waals surface area (Å²) in [7, 11) is 1.57. The SMILES string of the molecule is COc1nc(C)nc(-c2ccc3ccc4cccc5ccc2c3c45)n1. The van der Waals surface area contributed by atoms with Crippen molar-refractivity contribution in [2.24, 2.45) is 0 Å². The third kappa shape index (κ3) is 2.04. The highest BCUT2D eigenvalue weighted by Gasteiger charge is 2.14. The molecule has 25 heavy (non-hydrogen) atoms. The van der Waals surface area contributed by atoms with Crippen LogP contribution in [0.3, 0.4) is 0 Å². The summed E-state index contributed by atoms with van der Waals surface area (Å²) in [6.07, 6.45) is 0. The fourth-order valence-corrected chi connectivity index (χ4v) is 3.60. The van der Waals surface area contributed by atoms with Gasteiger partial charge in [-0.1, -0.05) is 48.5 Å². The Morgan fingerprint density at radius 1 is 0.720 bits per heavy atom. The van der Waals surface area contributed by atoms with Crippen molar-refractivity contribution >= 4 is 32.3 Å². The Kier molecular flexibility index (Phi) is 2.88. The molecule has 0 bridgehead atoms. The molecule has 120 valence electrons. The molecule has 0 fully saturated rings. The summed E-state index contributed by atoms with van der Waals surface area (Å²) in [6.45, 7) is 1.85. The highest BCUT2D eigenvalue weighted by atomic mass is 16.5. The molecule has 0 unspecified atom stereocenters. The molecule has 0 radical (unpaired) electrons. The standard InChI is InChI=1S/C21H15N3O/c1-12-22-20(24-21(23-12)25-2)17-11-9-15-7-6-13-4-3-5-14-8-10-16(17)19(15)18(13)14/h3-11H,1-2H3. The van der Waals surface area contributed by atoms with Gasteiger partial charge < -0.3 is 4.74 Å². The third-order valence-electron chi connectivity index (χ3n) is 4.68. The minimum Gasteiger partial charge on any atom is -0.467 e. The van der Waals surface area contributed by atoms with E-state index in [1.807, 2.05) is 6.92 Å². The van der Waals surface area contributed by atoms with E-state index in [1.165, 1.54) is 26.9 Å². The van der Waals surface area contributed by atoms with Gasteiger partial charge in [-0.2, -0.15) is 9.97 Å². The lowest BCUT2D eigenvalue weighted by Gasteiger charge is -2.13. The topological polar surface area (TPSA) is 47.9 Å². The third-order valence-corrected chi connectivity index (χ3v) is 4.68. The monoisotopic (exact) mass is 325 g/mol. The normalized spacial score (nSPS) is 11.6. The summed E-state index contributed by atoms with van der Waals surface area (Å²) >= 11 is 0. The van der Waals surface area contributed by atoms with Crippen molar-refractivity contribution in [1.82, 2.24) is 15.0 Å². The molecule has 0 aliphatic carbocycles. The molecular formula is C21H15N3O. The smallest absolute Gasteiger partial charge is 0.319 e. The first-order valence-electron chi connectivity index (χ1n) is 8.18. The first kappa shape index (κ1) is 14.1. The van der Waals surface area contributed by atoms with Gasteiger partial charge in [0.1, 0.15) is 5.82 Å². The van der Waals surface area contributed by atoms with Gasteiger partial charge in [0, 0.05) is 5.56 Å². The van der Waals surface area contributed by atoms with Crippen LogP contribution >= 0.6 is 0 Å². The number of rotatable bonds is 2. The fraction of sp³-hybridized carbons (Fsp3) is 0.0952. The van der Waals surface area contributed by atoms with E-state index in [2.05, 4.69) is 69.5 Å². The molecule has 0 amide bonds. The molecule has 5 rings (SSSR count). The molecule has 1 aromatic heterocycles. The first-order chi connectivity index (χ1) is 12.2. The van der Waals surface area contributed by atoms with Crippen LogP contribution in [0.4, 0.5) is 0 Å². The van der Waals surface area contributed by atoms with Gasteiger partial charge in [0.05, 0.1) is 7.11 Å². The van der Waals surface area contributed by atoms with Gasteiger partial charge >= 0.3 is 6.01 Å². The van der Waals surface area contributed by atoms with Crippen molar-refractivity contribution in [3.63, 3.8) is 0 Å². The maximum absolute atomic E-state index is 5.22. The fourth-order valence-electron chi connectivity index (χ4n) is 3.60. The largest absolute Gasteiger partial charge is 0.467 e. The number of benzene rings is 4. The Hall–Kier alpha value is -3.27. The summed E-state index contributed by atoms with van der Waals surface area (Å²) in [5.74, 6) is 1.29. The van der Waals surface area contributed by atoms with Crippen LogP contribution in [0.25, 0.3) is 43.7 Å². The average molecular weight is 325 g/mol. The van der Waals surface area contributed by atoms with Crippen LogP contribution in [0, 0.1) is 6.92 Å². The summed E-state index contributed by atoms with van der Waals surface area (Å²) in [4.78, 5) is 13.2. The van der Waals surface area contributed by atoms with Crippen LogP contribution in [0.2, 0.25) is 0 Å². The van der Waals surface area contributed by atoms with Gasteiger partial charge in [-0.25, -0.2) is 4.98 Å². The summed E-state index contributed by atoms with van der Waals surface area (Å²) in [6, 6.07) is 19.6. The van der Waals surface area contributed by atoms with Crippen LogP contribution in [-0.2, 0) is 0 Å². The second kappa shape index (κ2) is 5.11. The van der Waals surface area contributed by atoms with Crippen molar-refractivity contribution in [3.05, 3.63) is 60.4 Å². The molecule has 0 spiro atoms. The Morgan fingerprint density at radius 2 is 1.40 bits per heavy atom. The van der Waals surface area contributed by atoms with Gasteiger partial charge in [-0.3, -0.25) is 0 Å². The van der Waals surface area contributed by atoms with E-state index >= 15 is 0 Å². The predicted molar refractivity (Wildman–Crippen MR) is 100 cm³/mol. The molecule has 0 atom stereocenters. The Labute approximate surface area is 144 Å². The second-order valence-corrected chi connectivity index (χ2v) is 6.16. The molecular weight excluding hydrogens is 310 g/mol. The maximum atomic E-state index is 5.22. The second-order valence-electron chi connectivity index (χ2n) is 6.16. The summed E-state index contributed by atoms with van der Waals surface area (Å²) in [5.41, 5.74) is 0.995. The van der Waals surface area contributed by atoms with Gasteiger partial charge in [-0.05, 0) is 45.3 Å². The molecule has 4 aromatic carbocycles. The molecule has 1 heterocycles. The molecule has 0 N–H and O–H groups in total. The molecule has 0 aliphatic rings. The maximum Gasteiger partial charge on any atom is 0.319 e. The lowest BCUT2D eigenvalue weighted by Crippen LogP contribution is -2.00. The van der Waals surface area contributed by atoms with E-state index in [-0.39, 0.29) is 0 Å². The van der Waals surface area contributed by atoms with Gasteiger partial charge in [0.2, 0.25) is 0 Å². The van der Waals surface area contributed by atoms with Crippen LogP contribution in [0.1, 0.15) is 5.82 Å². The van der Waals surface area contributed by atoms with Crippen LogP contribution in [-0.4, -0.2) is 22.1 Å². The average Bonchev–Trinajstić information content (AvgIpc) is 2.65. The van der Waals surface area contributed by atoms with E-state index in [1.54, 1.807) is 7.11 Å². The highest BCUT2D eigenvalue weighted by Crippen LogP contribution is 2.38. The zero-order valence-corrected chi connectivity index (χ0v) is 13.9. The number of nitrogens with zero attached hydrogens (tertiary/aromatic N) is 3. The van der Waals surface area contributed by atoms with E-state index in [9.17, 15) is 0 Å². The molecule has 0 aliphatic heterocycles. The van der Waals surface area contributed by atoms with Crippen molar-refractivity contribution in [1.29, 1.82) is 0 Å². The number of aromatic nitrogens is 3. The van der Waals surface area contributed by atoms with Gasteiger partial charge in [0.15, 0.2) is 5.82 Å². The Bertz CT molecular complexity index is 1230. The zero-order valence-electron chi connectivity index (χ0n) is 13.9. The summed E-state index contributed by atoms with van der Waals surface area (Å²) in [5, 5.41) is 7.41. The molecule has 4 heteroatoms. The highest BCUT2D eigenvalue weighted by molar-refractivity contribution is 6.25. The van der Waals surface area contributed by atoms with Crippen molar-refractivity contribution in [3.8, 4) is 17.4 Å². The lowest BCUT2D eigenvalue weighted by molar-refractivity contribution is 0.377. The molecule has 0 saturated carbocycles. The minimum atomic E-state index is 0.341. The Balaban J connectivity index is 1.93. The van der Waals surface area contributed by atoms with Gasteiger partial charge in [0.25, 0.3) is 0 Å². The number of ether oxygens (including phenoxy) is 1. The lowest BCUT2D eigenvalue weighted by atomic mass is 9.92. The quantitative estimate of drug-likeness (QED) is 0.439. The van der Waals surface area contributed by atoms with Crippen molar-refractivity contribution < 1.29 is 4.74 Å². The van der Waals surface area contributed by atoms with E-state index in [4.69, 9.17) is 4.74 Å². The first-order valence-corrected chi connectivity index (χ1v) is 8.18. The van der Waals surface area contributed by atoms with Gasteiger partial charge in [-0.15, -0.1) is 0 Å². The van der Waals surface area contributed by atoms with E-state index < -0.39 is 0 Å². The van der Waals surface area contributed by atoms with Crippen molar-refractivity contribution in [2.75, 3.05) is 7.11 Å². The van der Waals surface area contributed by atoms with E-state index in [0.717, 1.165) is 10.9 Å². The number of hydrogen-bond donors (Lipinski definition) is 0. The van der Waals surface area contributed by atoms with E-state index in [0.29, 0.717) is 17.7 Å². The molecule has 4 nitrogen and oxygen atoms in total. The number of hydrogen-bond acceptors (Lipinski definition) is 4. The van der Waals surface area contributed by atoms with Crippen LogP contribution in [0.5, 0.6) is 6.01 Å². The van der Waals surface area contributed by atoms with Crippen LogP contribution < -0.4 is 4.74 Å². The number of aryl methyl sites for hydroxylation is 1. The zero-order chi connectivity index (χ0) is 17.0. The predicted octanol–water partition coefficient (Wildman–Crippen LogP) is 4.75. The minimum absolute atomic E-state index is 0.341. The molecule has 0 saturated heterocycles. The van der Waals surface area contributed by atoms with Crippen molar-refractivity contribution in [2.45, 2.75) is 6.92 Å². The number of methoxy groups -OCH3 is 1. The van der Waals surface area contributed by atoms with Crippen LogP contribution in [0.15, 0.2) is 54.6 Å².